The predicted octanol–water partition coefficient (Wildman–Crippen LogP) is 23.2. The van der Waals surface area contributed by atoms with Crippen molar-refractivity contribution < 1.29 is 80.2 Å². The van der Waals surface area contributed by atoms with E-state index in [9.17, 15) is 43.2 Å². The summed E-state index contributed by atoms with van der Waals surface area (Å²) in [7, 11) is -9.93. The van der Waals surface area contributed by atoms with Crippen molar-refractivity contribution in [1.82, 2.24) is 0 Å². The smallest absolute Gasteiger partial charge is 0.462 e. The minimum absolute atomic E-state index is 0.102. The minimum atomic E-state index is -4.97. The molecule has 5 atom stereocenters. The second kappa shape index (κ2) is 71.5. The van der Waals surface area contributed by atoms with Gasteiger partial charge in [0.05, 0.1) is 26.4 Å². The Hall–Kier alpha value is -2.46. The zero-order valence-electron chi connectivity index (χ0n) is 63.4. The second-order valence-electron chi connectivity index (χ2n) is 28.2. The first-order valence-corrected chi connectivity index (χ1v) is 43.4. The molecule has 17 nitrogen and oxygen atoms in total. The number of aliphatic hydroxyl groups excluding tert-OH is 1. The largest absolute Gasteiger partial charge is 0.472 e. The summed E-state index contributed by atoms with van der Waals surface area (Å²) in [6.07, 6.45) is 64.7. The molecule has 2 unspecified atom stereocenters. The van der Waals surface area contributed by atoms with E-state index >= 15 is 0 Å². The summed E-state index contributed by atoms with van der Waals surface area (Å²) < 4.78 is 68.6. The molecule has 0 saturated carbocycles. The number of hydrogen-bond acceptors (Lipinski definition) is 15. The number of phosphoric ester groups is 2. The molecular formula is C79H150O17P2. The van der Waals surface area contributed by atoms with Gasteiger partial charge in [-0.15, -0.1) is 0 Å². The van der Waals surface area contributed by atoms with Crippen LogP contribution in [0.15, 0.2) is 24.3 Å². The molecule has 0 aromatic carbocycles. The van der Waals surface area contributed by atoms with Gasteiger partial charge >= 0.3 is 39.5 Å². The van der Waals surface area contributed by atoms with Crippen molar-refractivity contribution in [2.75, 3.05) is 39.6 Å². The summed E-state index contributed by atoms with van der Waals surface area (Å²) in [6, 6.07) is 0. The lowest BCUT2D eigenvalue weighted by Crippen LogP contribution is -2.30. The number of hydrogen-bond donors (Lipinski definition) is 3. The van der Waals surface area contributed by atoms with Crippen LogP contribution in [0.4, 0.5) is 0 Å². The van der Waals surface area contributed by atoms with Crippen molar-refractivity contribution in [3.05, 3.63) is 24.3 Å². The third-order valence-corrected chi connectivity index (χ3v) is 19.8. The summed E-state index contributed by atoms with van der Waals surface area (Å²) in [4.78, 5) is 72.9. The van der Waals surface area contributed by atoms with Crippen molar-refractivity contribution in [3.63, 3.8) is 0 Å². The minimum Gasteiger partial charge on any atom is -0.462 e. The first-order valence-electron chi connectivity index (χ1n) is 40.5. The highest BCUT2D eigenvalue weighted by atomic mass is 31.2. The summed E-state index contributed by atoms with van der Waals surface area (Å²) in [6.45, 7) is 7.21. The SMILES string of the molecule is CCCCCC/C=C\C=C/CCCCCCCC(=O)OC[C@H](COP(=O)(O)OC[C@@H](O)COP(=O)(O)OC[C@@H](COC(=O)CCCCCCCCCCC(C)C)OC(=O)CCCCCCCCCCCCCC)OC(=O)CCCCCCCCCCCCCCCCCCCCCC. The lowest BCUT2D eigenvalue weighted by molar-refractivity contribution is -0.161. The molecule has 0 fully saturated rings. The maximum Gasteiger partial charge on any atom is 0.472 e. The van der Waals surface area contributed by atoms with E-state index in [1.165, 1.54) is 199 Å². The highest BCUT2D eigenvalue weighted by molar-refractivity contribution is 7.47. The monoisotopic (exact) mass is 1430 g/mol. The van der Waals surface area contributed by atoms with Crippen LogP contribution in [0.3, 0.4) is 0 Å². The quantitative estimate of drug-likeness (QED) is 0.0169. The van der Waals surface area contributed by atoms with Gasteiger partial charge in [0.1, 0.15) is 19.3 Å². The van der Waals surface area contributed by atoms with E-state index in [0.717, 1.165) is 115 Å². The van der Waals surface area contributed by atoms with E-state index in [1.807, 2.05) is 0 Å². The van der Waals surface area contributed by atoms with Crippen molar-refractivity contribution >= 4 is 39.5 Å². The van der Waals surface area contributed by atoms with Crippen LogP contribution in [0.25, 0.3) is 0 Å². The molecule has 3 N–H and O–H groups in total. The molecule has 0 aliphatic rings. The fourth-order valence-corrected chi connectivity index (χ4v) is 13.3. The zero-order valence-corrected chi connectivity index (χ0v) is 65.2. The predicted molar refractivity (Wildman–Crippen MR) is 400 cm³/mol. The van der Waals surface area contributed by atoms with Gasteiger partial charge in [-0.25, -0.2) is 9.13 Å². The molecule has 0 radical (unpaired) electrons. The van der Waals surface area contributed by atoms with E-state index < -0.39 is 97.5 Å². The first-order chi connectivity index (χ1) is 47.5. The van der Waals surface area contributed by atoms with E-state index in [4.69, 9.17) is 37.0 Å². The van der Waals surface area contributed by atoms with Crippen LogP contribution in [0, 0.1) is 5.92 Å². The molecule has 0 aromatic heterocycles. The third kappa shape index (κ3) is 71.9. The molecule has 98 heavy (non-hydrogen) atoms. The Kier molecular flexibility index (Phi) is 69.7. The number of ether oxygens (including phenoxy) is 4. The molecule has 578 valence electrons. The van der Waals surface area contributed by atoms with Crippen LogP contribution in [-0.2, 0) is 65.4 Å². The molecule has 19 heteroatoms. The number of esters is 4. The highest BCUT2D eigenvalue weighted by Crippen LogP contribution is 2.45. The fourth-order valence-electron chi connectivity index (χ4n) is 11.7. The maximum absolute atomic E-state index is 13.1. The Bertz CT molecular complexity index is 1970. The Morgan fingerprint density at radius 3 is 0.837 bits per heavy atom. The van der Waals surface area contributed by atoms with Crippen LogP contribution < -0.4 is 0 Å². The lowest BCUT2D eigenvalue weighted by Gasteiger charge is -2.21. The Morgan fingerprint density at radius 1 is 0.316 bits per heavy atom. The number of carbonyl (C=O) groups excluding carboxylic acids is 4. The second-order valence-corrected chi connectivity index (χ2v) is 31.2. The number of rotatable bonds is 77. The number of unbranched alkanes of at least 4 members (excludes halogenated alkanes) is 46. The topological polar surface area (TPSA) is 237 Å². The van der Waals surface area contributed by atoms with Crippen LogP contribution in [0.5, 0.6) is 0 Å². The fraction of sp³-hybridized carbons (Fsp3) is 0.899. The van der Waals surface area contributed by atoms with Crippen LogP contribution in [0.1, 0.15) is 394 Å². The molecule has 0 amide bonds. The molecule has 0 bridgehead atoms. The zero-order chi connectivity index (χ0) is 71.9. The van der Waals surface area contributed by atoms with Crippen molar-refractivity contribution in [2.24, 2.45) is 5.92 Å². The van der Waals surface area contributed by atoms with Gasteiger partial charge in [0.15, 0.2) is 12.2 Å². The number of allylic oxidation sites excluding steroid dienone is 4. The van der Waals surface area contributed by atoms with Gasteiger partial charge in [-0.05, 0) is 57.3 Å². The Morgan fingerprint density at radius 2 is 0.551 bits per heavy atom. The van der Waals surface area contributed by atoms with Gasteiger partial charge in [0, 0.05) is 25.7 Å². The van der Waals surface area contributed by atoms with Crippen LogP contribution >= 0.6 is 15.6 Å². The standard InChI is InChI=1S/C79H150O17P2/c1-6-9-12-15-18-21-24-27-29-30-31-32-33-35-37-40-43-50-55-60-65-79(84)95-74(68-89-76(81)62-57-52-47-41-39-36-34-28-25-22-19-16-13-10-7-2)70-93-97(85,86)91-66-73(80)67-92-98(87,88)94-71-75(69-90-77(82)63-58-53-48-45-44-46-51-56-61-72(4)5)96-78(83)64-59-54-49-42-38-26-23-20-17-14-11-8-3/h22,25,28,34,72-75,80H,6-21,23-24,26-27,29-33,35-71H2,1-5H3,(H,85,86)(H,87,88)/b25-22-,34-28-/t73-,74-,75-/m1/s1. The van der Waals surface area contributed by atoms with Gasteiger partial charge in [0.25, 0.3) is 0 Å². The van der Waals surface area contributed by atoms with E-state index in [0.29, 0.717) is 25.7 Å². The van der Waals surface area contributed by atoms with Gasteiger partial charge < -0.3 is 33.8 Å². The molecule has 0 saturated heterocycles. The molecule has 0 aliphatic carbocycles. The number of phosphoric acid groups is 2. The lowest BCUT2D eigenvalue weighted by atomic mass is 10.0. The first kappa shape index (κ1) is 95.5. The number of aliphatic hydroxyl groups is 1. The molecular weight excluding hydrogens is 1280 g/mol. The maximum atomic E-state index is 13.1. The van der Waals surface area contributed by atoms with Crippen LogP contribution in [0.2, 0.25) is 0 Å². The van der Waals surface area contributed by atoms with Gasteiger partial charge in [-0.1, -0.05) is 341 Å². The van der Waals surface area contributed by atoms with E-state index in [-0.39, 0.29) is 25.7 Å². The molecule has 0 spiro atoms. The summed E-state index contributed by atoms with van der Waals surface area (Å²) in [5, 5.41) is 10.6. The average Bonchev–Trinajstić information content (AvgIpc) is 1.07. The average molecular weight is 1430 g/mol. The van der Waals surface area contributed by atoms with E-state index in [1.54, 1.807) is 0 Å². The third-order valence-electron chi connectivity index (χ3n) is 17.9. The normalized spacial score (nSPS) is 14.1. The van der Waals surface area contributed by atoms with Crippen LogP contribution in [-0.4, -0.2) is 96.7 Å². The van der Waals surface area contributed by atoms with E-state index in [2.05, 4.69) is 58.9 Å². The van der Waals surface area contributed by atoms with Crippen molar-refractivity contribution in [3.8, 4) is 0 Å². The molecule has 0 rings (SSSR count). The number of carbonyl (C=O) groups is 4. The molecule has 0 aliphatic heterocycles. The van der Waals surface area contributed by atoms with Gasteiger partial charge in [-0.3, -0.25) is 37.3 Å². The summed E-state index contributed by atoms with van der Waals surface area (Å²) in [5.74, 6) is -1.42. The summed E-state index contributed by atoms with van der Waals surface area (Å²) in [5.41, 5.74) is 0. The Labute approximate surface area is 599 Å². The molecule has 0 heterocycles. The molecule has 0 aromatic rings. The van der Waals surface area contributed by atoms with Crippen molar-refractivity contribution in [1.29, 1.82) is 0 Å². The Balaban J connectivity index is 5.26. The van der Waals surface area contributed by atoms with Gasteiger partial charge in [-0.2, -0.15) is 0 Å². The summed E-state index contributed by atoms with van der Waals surface area (Å²) >= 11 is 0. The van der Waals surface area contributed by atoms with Gasteiger partial charge in [0.2, 0.25) is 0 Å². The highest BCUT2D eigenvalue weighted by Gasteiger charge is 2.30. The van der Waals surface area contributed by atoms with Crippen molar-refractivity contribution in [2.45, 2.75) is 412 Å².